The van der Waals surface area contributed by atoms with Crippen LogP contribution in [0.2, 0.25) is 0 Å². The highest BCUT2D eigenvalue weighted by atomic mass is 32.2. The second-order valence-electron chi connectivity index (χ2n) is 11.7. The summed E-state index contributed by atoms with van der Waals surface area (Å²) in [7, 11) is -2.41. The molecule has 0 bridgehead atoms. The van der Waals surface area contributed by atoms with Crippen molar-refractivity contribution < 1.29 is 22.3 Å². The molecule has 8 nitrogen and oxygen atoms in total. The van der Waals surface area contributed by atoms with Crippen LogP contribution in [-0.2, 0) is 16.6 Å². The number of ether oxygens (including phenoxy) is 1. The fraction of sp³-hybridized carbons (Fsp3) is 0.412. The number of benzene rings is 3. The number of carbonyl (C=O) groups is 1. The maximum Gasteiger partial charge on any atom is 0.264 e. The number of aliphatic imine (C=N–C) groups is 1. The summed E-state index contributed by atoms with van der Waals surface area (Å²) < 4.78 is 49.1. The van der Waals surface area contributed by atoms with E-state index in [9.17, 15) is 17.6 Å². The van der Waals surface area contributed by atoms with Crippen molar-refractivity contribution >= 4 is 33.5 Å². The van der Waals surface area contributed by atoms with Crippen LogP contribution in [0.15, 0.2) is 70.6 Å². The highest BCUT2D eigenvalue weighted by Crippen LogP contribution is 2.31. The Bertz CT molecular complexity index is 1580. The van der Waals surface area contributed by atoms with E-state index in [1.165, 1.54) is 38.9 Å². The van der Waals surface area contributed by atoms with Crippen molar-refractivity contribution in [2.75, 3.05) is 38.0 Å². The first kappa shape index (κ1) is 31.7. The summed E-state index contributed by atoms with van der Waals surface area (Å²) in [6, 6.07) is 16.5. The Balaban J connectivity index is 1.20. The normalized spacial score (nSPS) is 17.0. The van der Waals surface area contributed by atoms with E-state index < -0.39 is 10.0 Å². The largest absolute Gasteiger partial charge is 0.497 e. The van der Waals surface area contributed by atoms with Gasteiger partial charge in [-0.3, -0.25) is 19.4 Å². The number of aryl methyl sites for hydroxylation is 1. The predicted molar refractivity (Wildman–Crippen MR) is 172 cm³/mol. The molecule has 5 rings (SSSR count). The Labute approximate surface area is 260 Å². The molecule has 2 aliphatic rings. The number of methoxy groups -OCH3 is 1. The Morgan fingerprint density at radius 3 is 2.36 bits per heavy atom. The lowest BCUT2D eigenvalue weighted by Crippen LogP contribution is -2.48. The second kappa shape index (κ2) is 14.3. The summed E-state index contributed by atoms with van der Waals surface area (Å²) in [5, 5.41) is 0. The van der Waals surface area contributed by atoms with Crippen LogP contribution in [0.3, 0.4) is 0 Å². The SMILES string of the molecule is COc1ccc(CN2CCN(C(=O)c3ccc(NS(=O)(=O)c4cccc(C)c4N=CC4CCCCCC4)cc3)CC2)c(F)c1. The molecule has 2 fully saturated rings. The van der Waals surface area contributed by atoms with Crippen LogP contribution in [0.4, 0.5) is 15.8 Å². The fourth-order valence-electron chi connectivity index (χ4n) is 5.86. The fourth-order valence-corrected chi connectivity index (χ4v) is 7.14. The van der Waals surface area contributed by atoms with Gasteiger partial charge in [0, 0.05) is 61.8 Å². The van der Waals surface area contributed by atoms with Crippen molar-refractivity contribution in [2.45, 2.75) is 56.9 Å². The standard InChI is InChI=1S/C34H41FN4O4S/c1-25-8-7-11-32(33(25)36-23-26-9-5-3-4-6-10-26)44(41,42)37-29-15-12-27(13-16-29)34(40)39-20-18-38(19-21-39)24-28-14-17-30(43-2)22-31(28)35/h7-8,11-17,22-23,26,37H,3-6,9-10,18-21,24H2,1-2H3. The van der Waals surface area contributed by atoms with E-state index in [0.717, 1.165) is 18.4 Å². The average molecular weight is 621 g/mol. The second-order valence-corrected chi connectivity index (χ2v) is 13.3. The minimum absolute atomic E-state index is 0.122. The third-order valence-electron chi connectivity index (χ3n) is 8.50. The molecule has 0 radical (unpaired) electrons. The topological polar surface area (TPSA) is 91.3 Å². The van der Waals surface area contributed by atoms with Crippen LogP contribution in [-0.4, -0.2) is 63.6 Å². The summed E-state index contributed by atoms with van der Waals surface area (Å²) in [4.78, 5) is 21.9. The van der Waals surface area contributed by atoms with Gasteiger partial charge in [-0.25, -0.2) is 12.8 Å². The van der Waals surface area contributed by atoms with E-state index >= 15 is 0 Å². The lowest BCUT2D eigenvalue weighted by molar-refractivity contribution is 0.0627. The van der Waals surface area contributed by atoms with Crippen molar-refractivity contribution in [3.8, 4) is 5.75 Å². The molecule has 1 amide bonds. The van der Waals surface area contributed by atoms with Crippen LogP contribution >= 0.6 is 0 Å². The molecule has 1 aliphatic heterocycles. The number of nitrogens with zero attached hydrogens (tertiary/aromatic N) is 3. The van der Waals surface area contributed by atoms with Gasteiger partial charge in [-0.1, -0.05) is 43.9 Å². The molecule has 10 heteroatoms. The Kier molecular flexibility index (Phi) is 10.3. The molecule has 0 aromatic heterocycles. The molecule has 1 heterocycles. The maximum atomic E-state index is 14.4. The number of hydrogen-bond donors (Lipinski definition) is 1. The Hall–Kier alpha value is -3.76. The molecule has 1 saturated carbocycles. The number of anilines is 1. The first-order chi connectivity index (χ1) is 21.2. The van der Waals surface area contributed by atoms with E-state index in [2.05, 4.69) is 14.6 Å². The van der Waals surface area contributed by atoms with Gasteiger partial charge in [0.05, 0.1) is 12.8 Å². The molecule has 1 saturated heterocycles. The molecule has 234 valence electrons. The number of amides is 1. The van der Waals surface area contributed by atoms with Crippen LogP contribution in [0.5, 0.6) is 5.75 Å². The minimum Gasteiger partial charge on any atom is -0.497 e. The minimum atomic E-state index is -3.92. The first-order valence-electron chi connectivity index (χ1n) is 15.3. The molecule has 1 N–H and O–H groups in total. The van der Waals surface area contributed by atoms with E-state index in [1.807, 2.05) is 19.2 Å². The summed E-state index contributed by atoms with van der Waals surface area (Å²) >= 11 is 0. The Morgan fingerprint density at radius 2 is 1.70 bits per heavy atom. The van der Waals surface area contributed by atoms with Crippen LogP contribution in [0.25, 0.3) is 0 Å². The van der Waals surface area contributed by atoms with Crippen LogP contribution < -0.4 is 9.46 Å². The van der Waals surface area contributed by atoms with Crippen molar-refractivity contribution in [2.24, 2.45) is 10.9 Å². The van der Waals surface area contributed by atoms with E-state index in [-0.39, 0.29) is 16.6 Å². The van der Waals surface area contributed by atoms with Crippen LogP contribution in [0.1, 0.15) is 60.0 Å². The lowest BCUT2D eigenvalue weighted by Gasteiger charge is -2.35. The van der Waals surface area contributed by atoms with Gasteiger partial charge in [-0.2, -0.15) is 0 Å². The first-order valence-corrected chi connectivity index (χ1v) is 16.8. The summed E-state index contributed by atoms with van der Waals surface area (Å²) in [6.07, 6.45) is 8.94. The summed E-state index contributed by atoms with van der Waals surface area (Å²) in [5.74, 6) is 0.420. The molecule has 0 unspecified atom stereocenters. The number of piperazine rings is 1. The molecular weight excluding hydrogens is 579 g/mol. The van der Waals surface area contributed by atoms with Crippen molar-refractivity contribution in [1.29, 1.82) is 0 Å². The number of halogens is 1. The number of nitrogens with one attached hydrogen (secondary N) is 1. The molecule has 0 atom stereocenters. The molecule has 0 spiro atoms. The predicted octanol–water partition coefficient (Wildman–Crippen LogP) is 6.57. The van der Waals surface area contributed by atoms with E-state index in [0.29, 0.717) is 66.9 Å². The van der Waals surface area contributed by atoms with Crippen molar-refractivity contribution in [3.63, 3.8) is 0 Å². The monoisotopic (exact) mass is 620 g/mol. The average Bonchev–Trinajstić information content (AvgIpc) is 3.30. The van der Waals surface area contributed by atoms with Gasteiger partial charge < -0.3 is 9.64 Å². The van der Waals surface area contributed by atoms with Gasteiger partial charge in [0.25, 0.3) is 15.9 Å². The number of sulfonamides is 1. The molecule has 3 aromatic rings. The van der Waals surface area contributed by atoms with Gasteiger partial charge >= 0.3 is 0 Å². The van der Waals surface area contributed by atoms with E-state index in [4.69, 9.17) is 4.74 Å². The van der Waals surface area contributed by atoms with Gasteiger partial charge in [-0.05, 0) is 67.6 Å². The van der Waals surface area contributed by atoms with Crippen molar-refractivity contribution in [1.82, 2.24) is 9.80 Å². The quantitative estimate of drug-likeness (QED) is 0.216. The number of hydrogen-bond acceptors (Lipinski definition) is 6. The van der Waals surface area contributed by atoms with Gasteiger partial charge in [-0.15, -0.1) is 0 Å². The summed E-state index contributed by atoms with van der Waals surface area (Å²) in [5.41, 5.74) is 2.70. The number of para-hydroxylation sites is 1. The zero-order chi connectivity index (χ0) is 31.1. The van der Waals surface area contributed by atoms with Gasteiger partial charge in [0.1, 0.15) is 16.5 Å². The molecular formula is C34H41FN4O4S. The molecule has 3 aromatic carbocycles. The maximum absolute atomic E-state index is 14.4. The van der Waals surface area contributed by atoms with E-state index in [1.54, 1.807) is 53.4 Å². The third kappa shape index (κ3) is 7.84. The Morgan fingerprint density at radius 1 is 1.00 bits per heavy atom. The number of carbonyl (C=O) groups excluding carboxylic acids is 1. The zero-order valence-electron chi connectivity index (χ0n) is 25.5. The van der Waals surface area contributed by atoms with Crippen LogP contribution in [0, 0.1) is 18.7 Å². The molecule has 1 aliphatic carbocycles. The highest BCUT2D eigenvalue weighted by molar-refractivity contribution is 7.92. The van der Waals surface area contributed by atoms with Gasteiger partial charge in [0.2, 0.25) is 0 Å². The summed E-state index contributed by atoms with van der Waals surface area (Å²) in [6.45, 7) is 4.61. The zero-order valence-corrected chi connectivity index (χ0v) is 26.3. The molecule has 44 heavy (non-hydrogen) atoms. The number of rotatable bonds is 9. The third-order valence-corrected chi connectivity index (χ3v) is 9.92. The van der Waals surface area contributed by atoms with Gasteiger partial charge in [0.15, 0.2) is 0 Å². The lowest BCUT2D eigenvalue weighted by atomic mass is 10.0. The highest BCUT2D eigenvalue weighted by Gasteiger charge is 2.24. The van der Waals surface area contributed by atoms with Crippen molar-refractivity contribution in [3.05, 3.63) is 83.2 Å². The smallest absolute Gasteiger partial charge is 0.264 e.